The molecule has 0 aliphatic carbocycles. The number of nitrogens with zero attached hydrogens (tertiary/aromatic N) is 3. The van der Waals surface area contributed by atoms with Crippen molar-refractivity contribution in [2.75, 3.05) is 7.11 Å². The van der Waals surface area contributed by atoms with Crippen LogP contribution in [0.3, 0.4) is 0 Å². The summed E-state index contributed by atoms with van der Waals surface area (Å²) in [5.74, 6) is 0.539. The average molecular weight is 281 g/mol. The van der Waals surface area contributed by atoms with Crippen molar-refractivity contribution < 1.29 is 9.94 Å². The zero-order chi connectivity index (χ0) is 13.8. The van der Waals surface area contributed by atoms with E-state index in [2.05, 4.69) is 10.3 Å². The smallest absolute Gasteiger partial charge is 0.173 e. The Morgan fingerprint density at radius 1 is 1.58 bits per heavy atom. The van der Waals surface area contributed by atoms with Gasteiger partial charge < -0.3 is 15.7 Å². The van der Waals surface area contributed by atoms with Gasteiger partial charge in [0.15, 0.2) is 5.84 Å². The molecular weight excluding hydrogens is 268 g/mol. The normalized spacial score (nSPS) is 11.6. The van der Waals surface area contributed by atoms with E-state index in [9.17, 15) is 0 Å². The number of benzene rings is 1. The first-order valence-electron chi connectivity index (χ1n) is 5.47. The second kappa shape index (κ2) is 5.62. The molecule has 1 aromatic carbocycles. The molecule has 0 atom stereocenters. The number of hydrogen-bond donors (Lipinski definition) is 2. The van der Waals surface area contributed by atoms with E-state index in [0.717, 1.165) is 5.56 Å². The molecule has 100 valence electrons. The Morgan fingerprint density at radius 2 is 2.37 bits per heavy atom. The van der Waals surface area contributed by atoms with Gasteiger partial charge in [-0.1, -0.05) is 22.8 Å². The van der Waals surface area contributed by atoms with Crippen molar-refractivity contribution in [2.45, 2.75) is 6.54 Å². The summed E-state index contributed by atoms with van der Waals surface area (Å²) in [5.41, 5.74) is 7.06. The van der Waals surface area contributed by atoms with E-state index in [1.54, 1.807) is 23.1 Å². The quantitative estimate of drug-likeness (QED) is 0.386. The van der Waals surface area contributed by atoms with Crippen LogP contribution in [0.4, 0.5) is 0 Å². The molecule has 0 fully saturated rings. The summed E-state index contributed by atoms with van der Waals surface area (Å²) in [7, 11) is 1.53. The number of halogens is 1. The van der Waals surface area contributed by atoms with E-state index in [1.165, 1.54) is 7.11 Å². The minimum atomic E-state index is 0.00512. The van der Waals surface area contributed by atoms with E-state index in [-0.39, 0.29) is 5.84 Å². The second-order valence-corrected chi connectivity index (χ2v) is 4.31. The fourth-order valence-corrected chi connectivity index (χ4v) is 1.87. The first-order chi connectivity index (χ1) is 9.13. The van der Waals surface area contributed by atoms with Gasteiger partial charge in [0, 0.05) is 6.20 Å². The predicted molar refractivity (Wildman–Crippen MR) is 71.8 cm³/mol. The SMILES string of the molecule is COc1cc(Cn2cc(Cl)cn2)ccc1/C(N)=N/O. The molecule has 1 heterocycles. The first kappa shape index (κ1) is 13.2. The second-order valence-electron chi connectivity index (χ2n) is 3.88. The molecule has 2 aromatic rings. The third kappa shape index (κ3) is 2.97. The Labute approximate surface area is 115 Å². The van der Waals surface area contributed by atoms with Gasteiger partial charge in [0.1, 0.15) is 5.75 Å². The maximum atomic E-state index is 8.69. The van der Waals surface area contributed by atoms with Crippen LogP contribution < -0.4 is 10.5 Å². The predicted octanol–water partition coefficient (Wildman–Crippen LogP) is 1.69. The number of methoxy groups -OCH3 is 1. The van der Waals surface area contributed by atoms with E-state index in [0.29, 0.717) is 22.9 Å². The number of amidine groups is 1. The van der Waals surface area contributed by atoms with Gasteiger partial charge >= 0.3 is 0 Å². The third-order valence-corrected chi connectivity index (χ3v) is 2.79. The molecule has 0 spiro atoms. The summed E-state index contributed by atoms with van der Waals surface area (Å²) < 4.78 is 6.93. The minimum Gasteiger partial charge on any atom is -0.496 e. The van der Waals surface area contributed by atoms with Crippen LogP contribution in [0, 0.1) is 0 Å². The summed E-state index contributed by atoms with van der Waals surface area (Å²) in [6.45, 7) is 0.555. The highest BCUT2D eigenvalue weighted by Gasteiger charge is 2.09. The van der Waals surface area contributed by atoms with Gasteiger partial charge in [0.25, 0.3) is 0 Å². The van der Waals surface area contributed by atoms with E-state index < -0.39 is 0 Å². The fourth-order valence-electron chi connectivity index (χ4n) is 1.71. The van der Waals surface area contributed by atoms with Crippen LogP contribution in [0.15, 0.2) is 35.7 Å². The van der Waals surface area contributed by atoms with Crippen LogP contribution >= 0.6 is 11.6 Å². The molecule has 0 unspecified atom stereocenters. The molecule has 0 bridgehead atoms. The van der Waals surface area contributed by atoms with E-state index in [4.69, 9.17) is 27.3 Å². The Bertz CT molecular complexity index is 610. The Hall–Kier alpha value is -2.21. The molecule has 0 amide bonds. The molecule has 0 aliphatic rings. The summed E-state index contributed by atoms with van der Waals surface area (Å²) in [6.07, 6.45) is 3.30. The molecule has 0 aliphatic heterocycles. The van der Waals surface area contributed by atoms with Crippen molar-refractivity contribution >= 4 is 17.4 Å². The maximum absolute atomic E-state index is 8.69. The Kier molecular flexibility index (Phi) is 3.91. The fraction of sp³-hybridized carbons (Fsp3) is 0.167. The zero-order valence-electron chi connectivity index (χ0n) is 10.2. The lowest BCUT2D eigenvalue weighted by Crippen LogP contribution is -2.14. The van der Waals surface area contributed by atoms with Crippen LogP contribution in [0.1, 0.15) is 11.1 Å². The van der Waals surface area contributed by atoms with Gasteiger partial charge in [-0.3, -0.25) is 4.68 Å². The average Bonchev–Trinajstić information content (AvgIpc) is 2.83. The first-order valence-corrected chi connectivity index (χ1v) is 5.84. The number of rotatable bonds is 4. The van der Waals surface area contributed by atoms with E-state index >= 15 is 0 Å². The van der Waals surface area contributed by atoms with Crippen molar-refractivity contribution in [1.29, 1.82) is 0 Å². The highest BCUT2D eigenvalue weighted by Crippen LogP contribution is 2.20. The Balaban J connectivity index is 2.29. The topological polar surface area (TPSA) is 85.7 Å². The molecule has 1 aromatic heterocycles. The molecule has 6 nitrogen and oxygen atoms in total. The lowest BCUT2D eigenvalue weighted by atomic mass is 10.1. The lowest BCUT2D eigenvalue weighted by Gasteiger charge is -2.09. The van der Waals surface area contributed by atoms with Crippen molar-refractivity contribution in [3.63, 3.8) is 0 Å². The molecule has 0 radical (unpaired) electrons. The van der Waals surface area contributed by atoms with Crippen LogP contribution in [0.25, 0.3) is 0 Å². The number of oxime groups is 1. The molecule has 2 rings (SSSR count). The lowest BCUT2D eigenvalue weighted by molar-refractivity contribution is 0.318. The third-order valence-electron chi connectivity index (χ3n) is 2.60. The number of hydrogen-bond acceptors (Lipinski definition) is 4. The molecule has 3 N–H and O–H groups in total. The molecular formula is C12H13ClN4O2. The summed E-state index contributed by atoms with van der Waals surface area (Å²) in [5, 5.41) is 16.3. The Morgan fingerprint density at radius 3 is 2.95 bits per heavy atom. The number of ether oxygens (including phenoxy) is 1. The number of nitrogens with two attached hydrogens (primary N) is 1. The number of aromatic nitrogens is 2. The molecule has 19 heavy (non-hydrogen) atoms. The van der Waals surface area contributed by atoms with Crippen LogP contribution in [0.2, 0.25) is 5.02 Å². The largest absolute Gasteiger partial charge is 0.496 e. The van der Waals surface area contributed by atoms with Gasteiger partial charge in [0.05, 0.1) is 30.4 Å². The molecule has 0 saturated heterocycles. The standard InChI is InChI=1S/C12H13ClN4O2/c1-19-11-4-8(2-3-10(11)12(14)16-18)6-17-7-9(13)5-15-17/h2-5,7,18H,6H2,1H3,(H2,14,16). The summed E-state index contributed by atoms with van der Waals surface area (Å²) >= 11 is 5.80. The van der Waals surface area contributed by atoms with Crippen LogP contribution in [-0.2, 0) is 6.54 Å². The summed E-state index contributed by atoms with van der Waals surface area (Å²) in [6, 6.07) is 5.39. The zero-order valence-corrected chi connectivity index (χ0v) is 11.0. The van der Waals surface area contributed by atoms with Gasteiger partial charge in [-0.05, 0) is 17.7 Å². The van der Waals surface area contributed by atoms with Crippen LogP contribution in [-0.4, -0.2) is 27.9 Å². The van der Waals surface area contributed by atoms with Gasteiger partial charge in [0.2, 0.25) is 0 Å². The summed E-state index contributed by atoms with van der Waals surface area (Å²) in [4.78, 5) is 0. The van der Waals surface area contributed by atoms with Crippen molar-refractivity contribution in [3.8, 4) is 5.75 Å². The van der Waals surface area contributed by atoms with E-state index in [1.807, 2.05) is 12.1 Å². The monoisotopic (exact) mass is 280 g/mol. The van der Waals surface area contributed by atoms with Crippen molar-refractivity contribution in [1.82, 2.24) is 9.78 Å². The van der Waals surface area contributed by atoms with Gasteiger partial charge in [-0.2, -0.15) is 5.10 Å². The molecule has 7 heteroatoms. The van der Waals surface area contributed by atoms with Crippen LogP contribution in [0.5, 0.6) is 5.75 Å². The highest BCUT2D eigenvalue weighted by molar-refractivity contribution is 6.30. The maximum Gasteiger partial charge on any atom is 0.173 e. The minimum absolute atomic E-state index is 0.00512. The van der Waals surface area contributed by atoms with Gasteiger partial charge in [-0.25, -0.2) is 0 Å². The van der Waals surface area contributed by atoms with Gasteiger partial charge in [-0.15, -0.1) is 0 Å². The molecule has 0 saturated carbocycles. The highest BCUT2D eigenvalue weighted by atomic mass is 35.5. The van der Waals surface area contributed by atoms with Crippen molar-refractivity contribution in [2.24, 2.45) is 10.9 Å². The van der Waals surface area contributed by atoms with Crippen molar-refractivity contribution in [3.05, 3.63) is 46.7 Å².